The van der Waals surface area contributed by atoms with Gasteiger partial charge in [-0.1, -0.05) is 274 Å². The van der Waals surface area contributed by atoms with Gasteiger partial charge in [0.15, 0.2) is 0 Å². The topological polar surface area (TPSA) is 115 Å². The molecule has 0 spiro atoms. The van der Waals surface area contributed by atoms with Crippen molar-refractivity contribution in [2.75, 3.05) is 26.4 Å². The SMILES string of the molecule is C.C(=Nc1ccccc1)C1CCCC1C=Nc1ccccc1.C1CCCC1.C1CCCC1.C1CCCC1.CC=[N-].CCOCC.CCOCC.Cc1cccc(C)c1N=CC1CCCC1C=Nc1c(C)cccc1C.Cc1cccc(C)c1N=CC1CCCC1C=Nc1c(C)cccc1C.[B]c1cc(C(F)(F)F)cc(C(F)(F)F)c1.[B]c1cc(C(F)(F)F)cc(C(F)(F)F)c1.[CH3-].[CH3-].[CH3-].[Fe].[Fe].[Fe].[Ni+2].[Ni].[Ni]. The molecule has 6 saturated carbocycles. The first kappa shape index (κ1) is 146. The maximum Gasteiger partial charge on any atom is 2.00 e. The minimum absolute atomic E-state index is 0. The molecule has 6 fully saturated rings. The Morgan fingerprint density at radius 3 is 0.597 bits per heavy atom. The van der Waals surface area contributed by atoms with Crippen LogP contribution in [0.2, 0.25) is 0 Å². The molecule has 0 aromatic heterocycles. The summed E-state index contributed by atoms with van der Waals surface area (Å²) in [5.74, 6) is 2.99. The minimum atomic E-state index is -4.84. The Balaban J connectivity index is -0.000000290. The van der Waals surface area contributed by atoms with E-state index in [1.165, 1.54) is 199 Å². The van der Waals surface area contributed by atoms with Crippen molar-refractivity contribution in [3.05, 3.63) is 264 Å². The van der Waals surface area contributed by atoms with E-state index in [2.05, 4.69) is 175 Å². The van der Waals surface area contributed by atoms with Gasteiger partial charge in [0.05, 0.1) is 56.4 Å². The smallest absolute Gasteiger partial charge is 0.814 e. The summed E-state index contributed by atoms with van der Waals surface area (Å²) in [6, 6.07) is 47.6. The van der Waals surface area contributed by atoms with Gasteiger partial charge in [-0.15, -0.1) is 0 Å². The molecule has 0 saturated heterocycles. The summed E-state index contributed by atoms with van der Waals surface area (Å²) in [6.07, 6.45) is 28.1. The number of hydrogen-bond acceptors (Lipinski definition) is 8. The van der Waals surface area contributed by atoms with Crippen molar-refractivity contribution in [2.24, 2.45) is 65.5 Å². The van der Waals surface area contributed by atoms with Crippen molar-refractivity contribution >= 4 is 104 Å². The normalized spacial score (nSPS) is 16.9. The average molecular weight is 2190 g/mol. The third-order valence-electron chi connectivity index (χ3n) is 22.3. The molecule has 782 valence electrons. The Morgan fingerprint density at radius 2 is 0.453 bits per heavy atom. The maximum atomic E-state index is 12.1. The summed E-state index contributed by atoms with van der Waals surface area (Å²) in [5.41, 5.74) is 9.75. The molecule has 0 N–H and O–H groups in total. The molecule has 139 heavy (non-hydrogen) atoms. The van der Waals surface area contributed by atoms with E-state index in [0.717, 1.165) is 66.8 Å². The molecule has 6 aliphatic rings. The number of aliphatic imine (C=N–C) groups is 6. The first-order valence-electron chi connectivity index (χ1n) is 45.8. The van der Waals surface area contributed by atoms with Crippen LogP contribution in [0.25, 0.3) is 5.41 Å². The molecule has 0 bridgehead atoms. The summed E-state index contributed by atoms with van der Waals surface area (Å²) >= 11 is 0. The summed E-state index contributed by atoms with van der Waals surface area (Å²) in [6.45, 7) is 30.0. The Hall–Kier alpha value is -6.30. The van der Waals surface area contributed by atoms with Crippen LogP contribution in [0.3, 0.4) is 0 Å². The molecule has 8 aromatic carbocycles. The van der Waals surface area contributed by atoms with E-state index in [1.54, 1.807) is 6.92 Å². The summed E-state index contributed by atoms with van der Waals surface area (Å²) in [5, 5.41) is 7.44. The van der Waals surface area contributed by atoms with Crippen LogP contribution in [0, 0.1) is 113 Å². The van der Waals surface area contributed by atoms with E-state index in [0.29, 0.717) is 59.8 Å². The van der Waals surface area contributed by atoms with E-state index in [4.69, 9.17) is 50.5 Å². The molecule has 6 atom stereocenters. The van der Waals surface area contributed by atoms with Gasteiger partial charge in [-0.2, -0.15) is 52.7 Å². The zero-order valence-electron chi connectivity index (χ0n) is 83.1. The van der Waals surface area contributed by atoms with Crippen LogP contribution in [0.1, 0.15) is 263 Å². The fourth-order valence-corrected chi connectivity index (χ4v) is 15.3. The summed E-state index contributed by atoms with van der Waals surface area (Å²) < 4.78 is 155. The molecule has 29 heteroatoms. The second kappa shape index (κ2) is 81.0. The van der Waals surface area contributed by atoms with Gasteiger partial charge in [0.1, 0.15) is 15.7 Å². The molecule has 9 nitrogen and oxygen atoms in total. The summed E-state index contributed by atoms with van der Waals surface area (Å²) in [7, 11) is 9.91. The third-order valence-corrected chi connectivity index (χ3v) is 22.3. The van der Waals surface area contributed by atoms with E-state index >= 15 is 0 Å². The van der Waals surface area contributed by atoms with Crippen LogP contribution >= 0.6 is 0 Å². The van der Waals surface area contributed by atoms with Gasteiger partial charge in [-0.05, 0) is 203 Å². The molecule has 0 aliphatic heterocycles. The number of para-hydroxylation sites is 6. The van der Waals surface area contributed by atoms with Crippen LogP contribution in [-0.4, -0.2) is 85.6 Å². The Bertz CT molecular complexity index is 4090. The van der Waals surface area contributed by atoms with E-state index < -0.39 is 57.9 Å². The second-order valence-corrected chi connectivity index (χ2v) is 32.9. The van der Waals surface area contributed by atoms with Crippen LogP contribution in [0.5, 0.6) is 0 Å². The van der Waals surface area contributed by atoms with Crippen LogP contribution < -0.4 is 10.9 Å². The third kappa shape index (κ3) is 59.7. The van der Waals surface area contributed by atoms with Crippen molar-refractivity contribution in [2.45, 2.75) is 276 Å². The first-order valence-corrected chi connectivity index (χ1v) is 45.8. The van der Waals surface area contributed by atoms with Crippen molar-refractivity contribution in [3.63, 3.8) is 0 Å². The van der Waals surface area contributed by atoms with Gasteiger partial charge in [0.2, 0.25) is 0 Å². The van der Waals surface area contributed by atoms with Crippen molar-refractivity contribution in [1.29, 1.82) is 0 Å². The van der Waals surface area contributed by atoms with Crippen LogP contribution in [0.4, 0.5) is 86.8 Å². The standard InChI is InChI=1S/2C23H28N2.C19H20N2.2C8H3BF6.3C5H10.2C4H10O.C2H4N.CH4.3CH3.3Fe.3Ni/c2*1-16-8-5-9-17(2)22(16)24-14-20-12-7-13-21(20)15-25-23-18(3)10-6-11-19(23)4;1-3-10-18(11-4-1)20-14-16-8-7-9-17(16)15-21-19-12-5-2-6-13-19;2*9-6-2-4(7(10,11)12)1-5(3-6)8(13,14)15;3*1-2-4-5-3-1;2*1-3-5-4-2;1-2-3;;;;;;;;;;/h2*5-6,8-11,14-15,20-21H,7,12-13H2,1-4H3;1-6,10-17H,7-9H2;2*1-3H;3*1-5H2;2*3-4H2,1-2H3;2H,1H3;1H4;3*1H3;;;;;;/q;;;;;;;;;;-1;;3*-1;;;;;;+2. The number of benzene rings is 8. The number of hydrogen-bond donors (Lipinski definition) is 0. The van der Waals surface area contributed by atoms with Gasteiger partial charge >= 0.3 is 41.2 Å². The predicted octanol–water partition coefficient (Wildman–Crippen LogP) is 33.7. The molecule has 8 aromatic rings. The van der Waals surface area contributed by atoms with Crippen molar-refractivity contribution in [1.82, 2.24) is 0 Å². The predicted molar refractivity (Wildman–Crippen MR) is 546 cm³/mol. The van der Waals surface area contributed by atoms with Gasteiger partial charge < -0.3 is 37.2 Å². The van der Waals surface area contributed by atoms with Gasteiger partial charge in [0.25, 0.3) is 0 Å². The second-order valence-electron chi connectivity index (χ2n) is 32.9. The Kier molecular flexibility index (Phi) is 84.8. The fourth-order valence-electron chi connectivity index (χ4n) is 15.3. The number of ether oxygens (including phenoxy) is 2. The molecule has 14 rings (SSSR count). The number of alkyl halides is 12. The van der Waals surface area contributed by atoms with E-state index in [9.17, 15) is 52.7 Å². The maximum absolute atomic E-state index is 12.1. The number of aryl methyl sites for hydroxylation is 8. The average Bonchev–Trinajstić information content (AvgIpc) is 1.81. The van der Waals surface area contributed by atoms with Gasteiger partial charge in [-0.25, -0.2) is 6.21 Å². The molecular formula is C110H149B2F12Fe3N7Ni3O2-2. The zero-order valence-corrected chi connectivity index (χ0v) is 89.4. The molecule has 4 radical (unpaired) electrons. The van der Waals surface area contributed by atoms with E-state index in [-0.39, 0.29) is 143 Å². The van der Waals surface area contributed by atoms with E-state index in [1.807, 2.05) is 88.4 Å². The van der Waals surface area contributed by atoms with Gasteiger partial charge in [0, 0.05) is 183 Å². The van der Waals surface area contributed by atoms with Crippen molar-refractivity contribution < 1.29 is 163 Å². The molecule has 6 unspecified atom stereocenters. The Morgan fingerprint density at radius 1 is 0.295 bits per heavy atom. The number of rotatable bonds is 16. The van der Waals surface area contributed by atoms with Crippen LogP contribution in [0.15, 0.2) is 200 Å². The molecular weight excluding hydrogens is 2040 g/mol. The summed E-state index contributed by atoms with van der Waals surface area (Å²) in [4.78, 5) is 28.6. The molecule has 0 heterocycles. The largest absolute Gasteiger partial charge is 2.00 e. The monoisotopic (exact) mass is 2190 g/mol. The fraction of sp³-hybridized carbons (Fsp3) is 0.473. The van der Waals surface area contributed by atoms with Crippen LogP contribution in [-0.2, 0) is 135 Å². The first-order chi connectivity index (χ1) is 61.5. The number of halogens is 12. The number of nitrogens with zero attached hydrogens (tertiary/aromatic N) is 7. The van der Waals surface area contributed by atoms with Gasteiger partial charge in [-0.3, -0.25) is 30.0 Å². The molecule has 6 aliphatic carbocycles. The molecule has 0 amide bonds. The minimum Gasteiger partial charge on any atom is -0.814 e. The van der Waals surface area contributed by atoms with Crippen molar-refractivity contribution in [3.8, 4) is 0 Å². The Labute approximate surface area is 892 Å². The quantitative estimate of drug-likeness (QED) is 0.0415. The zero-order chi connectivity index (χ0) is 95.2.